The zero-order valence-corrected chi connectivity index (χ0v) is 12.7. The van der Waals surface area contributed by atoms with Gasteiger partial charge in [0.2, 0.25) is 0 Å². The van der Waals surface area contributed by atoms with Gasteiger partial charge >= 0.3 is 0 Å². The third kappa shape index (κ3) is 4.59. The molecule has 0 aromatic carbocycles. The summed E-state index contributed by atoms with van der Waals surface area (Å²) in [5, 5.41) is 3.49. The third-order valence-electron chi connectivity index (χ3n) is 3.76. The first-order valence-corrected chi connectivity index (χ1v) is 7.37. The molecule has 1 aliphatic heterocycles. The van der Waals surface area contributed by atoms with Crippen LogP contribution in [0.2, 0.25) is 0 Å². The molecule has 1 fully saturated rings. The highest BCUT2D eigenvalue weighted by Gasteiger charge is 2.20. The molecule has 1 aromatic rings. The van der Waals surface area contributed by atoms with Crippen LogP contribution in [0, 0.1) is 0 Å². The third-order valence-corrected chi connectivity index (χ3v) is 3.76. The van der Waals surface area contributed by atoms with Crippen molar-refractivity contribution in [3.8, 4) is 0 Å². The number of nitrogens with zero attached hydrogens (tertiary/aromatic N) is 2. The molecule has 1 saturated heterocycles. The molecule has 1 N–H and O–H groups in total. The molecule has 3 nitrogen and oxygen atoms in total. The van der Waals surface area contributed by atoms with Gasteiger partial charge in [0.1, 0.15) is 0 Å². The summed E-state index contributed by atoms with van der Waals surface area (Å²) in [7, 11) is 0. The summed E-state index contributed by atoms with van der Waals surface area (Å²) in [5.41, 5.74) is 2.60. The Hall–Kier alpha value is -0.930. The van der Waals surface area contributed by atoms with Crippen molar-refractivity contribution in [3.63, 3.8) is 0 Å². The Balaban J connectivity index is 1.87. The predicted octanol–water partition coefficient (Wildman–Crippen LogP) is 2.95. The minimum Gasteiger partial charge on any atom is -0.308 e. The Labute approximate surface area is 117 Å². The fraction of sp³-hybridized carbons (Fsp3) is 0.688. The van der Waals surface area contributed by atoms with Crippen LogP contribution in [0.4, 0.5) is 0 Å². The molecule has 2 heterocycles. The molecule has 1 aliphatic rings. The van der Waals surface area contributed by atoms with Crippen LogP contribution >= 0.6 is 0 Å². The summed E-state index contributed by atoms with van der Waals surface area (Å²) in [6.45, 7) is 12.0. The lowest BCUT2D eigenvalue weighted by atomic mass is 10.1. The van der Waals surface area contributed by atoms with Gasteiger partial charge in [-0.3, -0.25) is 9.88 Å². The molecule has 19 heavy (non-hydrogen) atoms. The van der Waals surface area contributed by atoms with Crippen LogP contribution in [0.5, 0.6) is 0 Å². The van der Waals surface area contributed by atoms with Crippen molar-refractivity contribution in [3.05, 3.63) is 29.6 Å². The van der Waals surface area contributed by atoms with E-state index in [1.54, 1.807) is 0 Å². The van der Waals surface area contributed by atoms with Crippen LogP contribution in [-0.4, -0.2) is 28.0 Å². The lowest BCUT2D eigenvalue weighted by Gasteiger charge is -2.21. The van der Waals surface area contributed by atoms with E-state index in [1.807, 2.05) is 6.20 Å². The molecule has 0 amide bonds. The molecule has 0 bridgehead atoms. The zero-order chi connectivity index (χ0) is 13.9. The minimum atomic E-state index is 0.156. The maximum Gasteiger partial charge on any atom is 0.0544 e. The highest BCUT2D eigenvalue weighted by atomic mass is 15.2. The smallest absolute Gasteiger partial charge is 0.0544 e. The van der Waals surface area contributed by atoms with E-state index in [1.165, 1.54) is 30.6 Å². The van der Waals surface area contributed by atoms with Crippen LogP contribution in [0.25, 0.3) is 0 Å². The lowest BCUT2D eigenvalue weighted by molar-refractivity contribution is 0.257. The van der Waals surface area contributed by atoms with E-state index in [0.29, 0.717) is 6.04 Å². The van der Waals surface area contributed by atoms with E-state index in [9.17, 15) is 0 Å². The molecule has 0 aliphatic carbocycles. The predicted molar refractivity (Wildman–Crippen MR) is 79.9 cm³/mol. The van der Waals surface area contributed by atoms with Crippen LogP contribution in [0.1, 0.15) is 51.8 Å². The largest absolute Gasteiger partial charge is 0.308 e. The van der Waals surface area contributed by atoms with Crippen molar-refractivity contribution in [2.45, 2.75) is 65.2 Å². The second-order valence-corrected chi connectivity index (χ2v) is 6.72. The second-order valence-electron chi connectivity index (χ2n) is 6.72. The second kappa shape index (κ2) is 6.02. The Bertz CT molecular complexity index is 391. The van der Waals surface area contributed by atoms with Crippen molar-refractivity contribution >= 4 is 0 Å². The summed E-state index contributed by atoms with van der Waals surface area (Å²) < 4.78 is 0. The molecule has 0 radical (unpaired) electrons. The number of hydrogen-bond acceptors (Lipinski definition) is 3. The Morgan fingerprint density at radius 2 is 2.16 bits per heavy atom. The molecule has 0 spiro atoms. The van der Waals surface area contributed by atoms with Gasteiger partial charge in [0.15, 0.2) is 0 Å². The summed E-state index contributed by atoms with van der Waals surface area (Å²) in [4.78, 5) is 7.12. The summed E-state index contributed by atoms with van der Waals surface area (Å²) in [5.74, 6) is 0. The van der Waals surface area contributed by atoms with E-state index in [0.717, 1.165) is 13.1 Å². The van der Waals surface area contributed by atoms with E-state index in [2.05, 4.69) is 55.0 Å². The van der Waals surface area contributed by atoms with Crippen LogP contribution in [-0.2, 0) is 13.1 Å². The fourth-order valence-corrected chi connectivity index (χ4v) is 2.46. The number of pyridine rings is 1. The monoisotopic (exact) mass is 261 g/mol. The van der Waals surface area contributed by atoms with Gasteiger partial charge < -0.3 is 5.32 Å². The highest BCUT2D eigenvalue weighted by Crippen LogP contribution is 2.18. The zero-order valence-electron chi connectivity index (χ0n) is 12.7. The quantitative estimate of drug-likeness (QED) is 0.903. The molecule has 1 unspecified atom stereocenters. The average Bonchev–Trinajstić information content (AvgIpc) is 2.73. The topological polar surface area (TPSA) is 28.2 Å². The number of hydrogen-bond donors (Lipinski definition) is 1. The minimum absolute atomic E-state index is 0.156. The normalized spacial score (nSPS) is 20.9. The molecule has 1 aromatic heterocycles. The van der Waals surface area contributed by atoms with Crippen molar-refractivity contribution in [2.24, 2.45) is 0 Å². The Morgan fingerprint density at radius 1 is 1.37 bits per heavy atom. The molecular formula is C16H27N3. The molecule has 106 valence electrons. The highest BCUT2D eigenvalue weighted by molar-refractivity contribution is 5.14. The number of aromatic nitrogens is 1. The number of likely N-dealkylation sites (tertiary alicyclic amines) is 1. The summed E-state index contributed by atoms with van der Waals surface area (Å²) in [6, 6.07) is 5.08. The van der Waals surface area contributed by atoms with E-state index < -0.39 is 0 Å². The van der Waals surface area contributed by atoms with Gasteiger partial charge in [-0.1, -0.05) is 6.07 Å². The van der Waals surface area contributed by atoms with E-state index >= 15 is 0 Å². The van der Waals surface area contributed by atoms with Crippen molar-refractivity contribution in [2.75, 3.05) is 6.54 Å². The van der Waals surface area contributed by atoms with Gasteiger partial charge in [0.25, 0.3) is 0 Å². The SMILES string of the molecule is CC1CCCN1Cc1ccc(CNC(C)(C)C)cn1. The summed E-state index contributed by atoms with van der Waals surface area (Å²) >= 11 is 0. The van der Waals surface area contributed by atoms with E-state index in [4.69, 9.17) is 0 Å². The maximum absolute atomic E-state index is 4.60. The fourth-order valence-electron chi connectivity index (χ4n) is 2.46. The van der Waals surface area contributed by atoms with Crippen molar-refractivity contribution in [1.29, 1.82) is 0 Å². The van der Waals surface area contributed by atoms with Crippen LogP contribution in [0.15, 0.2) is 18.3 Å². The maximum atomic E-state index is 4.60. The first kappa shape index (κ1) is 14.5. The van der Waals surface area contributed by atoms with Crippen molar-refractivity contribution in [1.82, 2.24) is 15.2 Å². The molecular weight excluding hydrogens is 234 g/mol. The first-order chi connectivity index (χ1) is 8.94. The average molecular weight is 261 g/mol. The molecule has 1 atom stereocenters. The Kier molecular flexibility index (Phi) is 4.58. The molecule has 2 rings (SSSR count). The standard InChI is InChI=1S/C16H27N3/c1-13-6-5-9-19(13)12-15-8-7-14(10-17-15)11-18-16(2,3)4/h7-8,10,13,18H,5-6,9,11-12H2,1-4H3. The molecule has 3 heteroatoms. The van der Waals surface area contributed by atoms with Gasteiger partial charge in [-0.05, 0) is 58.7 Å². The van der Waals surface area contributed by atoms with E-state index in [-0.39, 0.29) is 5.54 Å². The van der Waals surface area contributed by atoms with Crippen LogP contribution in [0.3, 0.4) is 0 Å². The number of rotatable bonds is 4. The van der Waals surface area contributed by atoms with Gasteiger partial charge in [-0.25, -0.2) is 0 Å². The Morgan fingerprint density at radius 3 is 2.68 bits per heavy atom. The lowest BCUT2D eigenvalue weighted by Crippen LogP contribution is -2.35. The van der Waals surface area contributed by atoms with Gasteiger partial charge in [0, 0.05) is 30.9 Å². The van der Waals surface area contributed by atoms with Gasteiger partial charge in [-0.2, -0.15) is 0 Å². The molecule has 0 saturated carbocycles. The van der Waals surface area contributed by atoms with Gasteiger partial charge in [0.05, 0.1) is 5.69 Å². The van der Waals surface area contributed by atoms with Crippen LogP contribution < -0.4 is 5.32 Å². The first-order valence-electron chi connectivity index (χ1n) is 7.37. The summed E-state index contributed by atoms with van der Waals surface area (Å²) in [6.07, 6.45) is 4.66. The number of nitrogens with one attached hydrogen (secondary N) is 1. The van der Waals surface area contributed by atoms with Crippen molar-refractivity contribution < 1.29 is 0 Å². The van der Waals surface area contributed by atoms with Gasteiger partial charge in [-0.15, -0.1) is 0 Å².